The molecule has 0 spiro atoms. The number of methoxy groups -OCH3 is 2. The van der Waals surface area contributed by atoms with Crippen molar-refractivity contribution in [1.29, 1.82) is 0 Å². The van der Waals surface area contributed by atoms with Gasteiger partial charge in [-0.15, -0.1) is 0 Å². The van der Waals surface area contributed by atoms with Crippen LogP contribution in [0, 0.1) is 13.8 Å². The van der Waals surface area contributed by atoms with Crippen molar-refractivity contribution in [2.24, 2.45) is 0 Å². The largest absolute Gasteiger partial charge is 0.497 e. The van der Waals surface area contributed by atoms with Gasteiger partial charge in [-0.25, -0.2) is 21.5 Å². The van der Waals surface area contributed by atoms with E-state index in [4.69, 9.17) is 14.2 Å². The number of ether oxygens (including phenoxy) is 3. The number of aromatic amines is 1. The molecule has 1 N–H and O–H groups in total. The number of nitrogens with zero attached hydrogens (tertiary/aromatic N) is 5. The first kappa shape index (κ1) is 42.3. The van der Waals surface area contributed by atoms with Crippen molar-refractivity contribution in [3.05, 3.63) is 155 Å². The molecule has 1 atom stereocenters. The normalized spacial score (nSPS) is 14.6. The van der Waals surface area contributed by atoms with Gasteiger partial charge in [0.2, 0.25) is 20.0 Å². The number of hydrogen-bond acceptors (Lipinski definition) is 9. The monoisotopic (exact) mass is 826 g/mol. The second-order valence-electron chi connectivity index (χ2n) is 14.1. The molecule has 15 heteroatoms. The molecule has 13 nitrogen and oxygen atoms in total. The van der Waals surface area contributed by atoms with Crippen LogP contribution in [-0.2, 0) is 51.0 Å². The Morgan fingerprint density at radius 1 is 0.655 bits per heavy atom. The summed E-state index contributed by atoms with van der Waals surface area (Å²) in [5, 5.41) is 10.6. The molecule has 306 valence electrons. The smallest absolute Gasteiger partial charge is 0.246 e. The van der Waals surface area contributed by atoms with Gasteiger partial charge in [-0.3, -0.25) is 5.10 Å². The molecule has 0 saturated carbocycles. The molecule has 7 rings (SSSR count). The van der Waals surface area contributed by atoms with Gasteiger partial charge in [-0.05, 0) is 79.6 Å². The van der Waals surface area contributed by atoms with Crippen LogP contribution >= 0.6 is 0 Å². The van der Waals surface area contributed by atoms with Crippen LogP contribution in [0.2, 0.25) is 0 Å². The SMILES string of the molecule is COc1ccc(CN(Cc2ccc(C)cc2)S(=O)(=O)c2cn[nH]c2)cc1.COc1ccc(CN(Cc2ccc(C)cc2)S(=O)(=O)c2cnn(C3CCCCO3)c2)cc1. The van der Waals surface area contributed by atoms with Gasteiger partial charge in [-0.1, -0.05) is 83.9 Å². The van der Waals surface area contributed by atoms with E-state index in [0.29, 0.717) is 6.61 Å². The van der Waals surface area contributed by atoms with E-state index in [1.54, 1.807) is 25.1 Å². The molecule has 1 saturated heterocycles. The Kier molecular flexibility index (Phi) is 14.2. The van der Waals surface area contributed by atoms with E-state index in [1.165, 1.54) is 27.2 Å². The number of rotatable bonds is 15. The Morgan fingerprint density at radius 3 is 1.50 bits per heavy atom. The number of nitrogens with one attached hydrogen (secondary N) is 1. The minimum atomic E-state index is -3.78. The molecule has 0 bridgehead atoms. The van der Waals surface area contributed by atoms with Crippen molar-refractivity contribution in [2.45, 2.75) is 75.3 Å². The average Bonchev–Trinajstić information content (AvgIpc) is 3.98. The van der Waals surface area contributed by atoms with Gasteiger partial charge in [0.15, 0.2) is 0 Å². The second kappa shape index (κ2) is 19.4. The van der Waals surface area contributed by atoms with Gasteiger partial charge >= 0.3 is 0 Å². The van der Waals surface area contributed by atoms with Gasteiger partial charge in [-0.2, -0.15) is 18.8 Å². The standard InChI is InChI=1S/C24H29N3O4S.C19H21N3O3S/c1-19-6-8-20(9-7-19)16-26(17-21-10-12-22(30-2)13-11-21)32(28,29)23-15-25-27(18-23)24-5-3-4-14-31-24;1-15-3-5-16(6-4-15)13-22(26(23,24)19-11-20-21-12-19)14-17-7-9-18(25-2)10-8-17/h6-13,15,18,24H,3-5,14,16-17H2,1-2H3;3-12H,13-14H2,1-2H3,(H,20,21). The zero-order valence-electron chi connectivity index (χ0n) is 33.2. The van der Waals surface area contributed by atoms with Gasteiger partial charge < -0.3 is 14.2 Å². The summed E-state index contributed by atoms with van der Waals surface area (Å²) in [5.74, 6) is 1.46. The number of aromatic nitrogens is 4. The molecule has 4 aromatic carbocycles. The highest BCUT2D eigenvalue weighted by molar-refractivity contribution is 7.89. The fraction of sp³-hybridized carbons (Fsp3) is 0.302. The Morgan fingerprint density at radius 2 is 1.10 bits per heavy atom. The minimum Gasteiger partial charge on any atom is -0.497 e. The molecule has 1 aliphatic heterocycles. The Balaban J connectivity index is 0.000000200. The molecule has 6 aromatic rings. The van der Waals surface area contributed by atoms with E-state index in [2.05, 4.69) is 15.3 Å². The highest BCUT2D eigenvalue weighted by Crippen LogP contribution is 2.27. The maximum Gasteiger partial charge on any atom is 0.246 e. The first-order valence-corrected chi connectivity index (χ1v) is 21.8. The van der Waals surface area contributed by atoms with Crippen LogP contribution in [0.25, 0.3) is 0 Å². The summed E-state index contributed by atoms with van der Waals surface area (Å²) < 4.78 is 74.0. The van der Waals surface area contributed by atoms with Crippen LogP contribution in [0.4, 0.5) is 0 Å². The average molecular weight is 827 g/mol. The predicted molar refractivity (Wildman–Crippen MR) is 221 cm³/mol. The number of benzene rings is 4. The van der Waals surface area contributed by atoms with Crippen LogP contribution in [-0.4, -0.2) is 66.3 Å². The lowest BCUT2D eigenvalue weighted by molar-refractivity contribution is -0.0396. The van der Waals surface area contributed by atoms with E-state index in [9.17, 15) is 16.8 Å². The molecule has 0 aliphatic carbocycles. The van der Waals surface area contributed by atoms with Gasteiger partial charge in [0.25, 0.3) is 0 Å². The first-order valence-electron chi connectivity index (χ1n) is 19.0. The maximum atomic E-state index is 13.6. The van der Waals surface area contributed by atoms with E-state index < -0.39 is 20.0 Å². The van der Waals surface area contributed by atoms with Gasteiger partial charge in [0.05, 0.1) is 26.6 Å². The van der Waals surface area contributed by atoms with Crippen molar-refractivity contribution >= 4 is 20.0 Å². The summed E-state index contributed by atoms with van der Waals surface area (Å²) >= 11 is 0. The molecule has 1 fully saturated rings. The second-order valence-corrected chi connectivity index (χ2v) is 18.0. The van der Waals surface area contributed by atoms with Crippen molar-refractivity contribution in [2.75, 3.05) is 20.8 Å². The van der Waals surface area contributed by atoms with Crippen LogP contribution in [0.1, 0.15) is 58.9 Å². The molecule has 58 heavy (non-hydrogen) atoms. The minimum absolute atomic E-state index is 0.151. The fourth-order valence-corrected chi connectivity index (χ4v) is 9.02. The lowest BCUT2D eigenvalue weighted by Crippen LogP contribution is -2.30. The third-order valence-electron chi connectivity index (χ3n) is 9.77. The fourth-order valence-electron chi connectivity index (χ4n) is 6.34. The molecule has 0 amide bonds. The van der Waals surface area contributed by atoms with Crippen molar-refractivity contribution in [1.82, 2.24) is 28.6 Å². The zero-order valence-corrected chi connectivity index (χ0v) is 34.8. The molecule has 1 unspecified atom stereocenters. The number of sulfonamides is 2. The summed E-state index contributed by atoms with van der Waals surface area (Å²) in [6.45, 7) is 5.72. The summed E-state index contributed by atoms with van der Waals surface area (Å²) in [5.41, 5.74) is 5.88. The van der Waals surface area contributed by atoms with Crippen molar-refractivity contribution in [3.8, 4) is 11.5 Å². The topological polar surface area (TPSA) is 149 Å². The Labute approximate surface area is 341 Å². The van der Waals surface area contributed by atoms with Crippen LogP contribution in [0.15, 0.2) is 132 Å². The Hall–Kier alpha value is -5.32. The summed E-state index contributed by atoms with van der Waals surface area (Å²) in [6.07, 6.45) is 8.42. The third kappa shape index (κ3) is 11.0. The van der Waals surface area contributed by atoms with Crippen LogP contribution < -0.4 is 9.47 Å². The van der Waals surface area contributed by atoms with Crippen molar-refractivity contribution < 1.29 is 31.0 Å². The summed E-state index contributed by atoms with van der Waals surface area (Å²) in [4.78, 5) is 0.324. The van der Waals surface area contributed by atoms with Gasteiger partial charge in [0, 0.05) is 45.2 Å². The number of hydrogen-bond donors (Lipinski definition) is 1. The van der Waals surface area contributed by atoms with Crippen LogP contribution in [0.3, 0.4) is 0 Å². The number of aryl methyl sites for hydroxylation is 2. The number of H-pyrrole nitrogens is 1. The highest BCUT2D eigenvalue weighted by Gasteiger charge is 2.29. The third-order valence-corrected chi connectivity index (χ3v) is 13.3. The lowest BCUT2D eigenvalue weighted by Gasteiger charge is -2.23. The quantitative estimate of drug-likeness (QED) is 0.112. The van der Waals surface area contributed by atoms with E-state index in [-0.39, 0.29) is 42.2 Å². The highest BCUT2D eigenvalue weighted by atomic mass is 32.2. The molecule has 3 heterocycles. The lowest BCUT2D eigenvalue weighted by atomic mass is 10.1. The van der Waals surface area contributed by atoms with E-state index >= 15 is 0 Å². The molecule has 2 aromatic heterocycles. The van der Waals surface area contributed by atoms with Crippen molar-refractivity contribution in [3.63, 3.8) is 0 Å². The summed E-state index contributed by atoms with van der Waals surface area (Å²) in [7, 11) is -4.24. The van der Waals surface area contributed by atoms with Gasteiger partial charge in [0.1, 0.15) is 27.5 Å². The van der Waals surface area contributed by atoms with Crippen LogP contribution in [0.5, 0.6) is 11.5 Å². The molecule has 0 radical (unpaired) electrons. The van der Waals surface area contributed by atoms with E-state index in [1.807, 2.05) is 111 Å². The predicted octanol–water partition coefficient (Wildman–Crippen LogP) is 7.41. The zero-order chi connectivity index (χ0) is 41.1. The van der Waals surface area contributed by atoms with E-state index in [0.717, 1.165) is 64.1 Å². The Bertz CT molecular complexity index is 2400. The molecular weight excluding hydrogens is 777 g/mol. The molecular formula is C43H50N6O7S2. The maximum absolute atomic E-state index is 13.6. The molecule has 1 aliphatic rings. The summed E-state index contributed by atoms with van der Waals surface area (Å²) in [6, 6.07) is 30.6. The first-order chi connectivity index (χ1) is 27.9.